The molecule has 0 saturated carbocycles. The summed E-state index contributed by atoms with van der Waals surface area (Å²) in [6.07, 6.45) is 11.1. The van der Waals surface area contributed by atoms with E-state index in [0.717, 1.165) is 29.9 Å². The highest BCUT2D eigenvalue weighted by Crippen LogP contribution is 2.23. The van der Waals surface area contributed by atoms with Gasteiger partial charge in [0, 0.05) is 31.3 Å². The second kappa shape index (κ2) is 7.88. The first kappa shape index (κ1) is 17.7. The SMILES string of the molecule is Cc1ccn2cc(C(=O)NCC(c3cccnc3)N3CCCCC3)nc2c1. The summed E-state index contributed by atoms with van der Waals surface area (Å²) in [6, 6.07) is 8.17. The molecule has 1 aliphatic rings. The molecule has 27 heavy (non-hydrogen) atoms. The van der Waals surface area contributed by atoms with Crippen LogP contribution in [0.15, 0.2) is 49.1 Å². The molecule has 0 bridgehead atoms. The van der Waals surface area contributed by atoms with Crippen molar-refractivity contribution in [2.45, 2.75) is 32.2 Å². The number of imidazole rings is 1. The second-order valence-electron chi connectivity index (χ2n) is 7.20. The molecular formula is C21H25N5O. The number of aryl methyl sites for hydroxylation is 1. The Balaban J connectivity index is 1.49. The van der Waals surface area contributed by atoms with Gasteiger partial charge < -0.3 is 9.72 Å². The number of rotatable bonds is 5. The summed E-state index contributed by atoms with van der Waals surface area (Å²) in [5.41, 5.74) is 3.51. The third-order valence-electron chi connectivity index (χ3n) is 5.20. The third-order valence-corrected chi connectivity index (χ3v) is 5.20. The van der Waals surface area contributed by atoms with Crippen LogP contribution in [0.2, 0.25) is 0 Å². The molecule has 1 saturated heterocycles. The monoisotopic (exact) mass is 363 g/mol. The number of carbonyl (C=O) groups excluding carboxylic acids is 1. The minimum atomic E-state index is -0.137. The molecule has 1 N–H and O–H groups in total. The lowest BCUT2D eigenvalue weighted by Crippen LogP contribution is -2.40. The van der Waals surface area contributed by atoms with Crippen LogP contribution in [-0.2, 0) is 0 Å². The number of fused-ring (bicyclic) bond motifs is 1. The van der Waals surface area contributed by atoms with Crippen molar-refractivity contribution in [2.75, 3.05) is 19.6 Å². The van der Waals surface area contributed by atoms with Crippen molar-refractivity contribution in [1.29, 1.82) is 0 Å². The van der Waals surface area contributed by atoms with Gasteiger partial charge in [0.25, 0.3) is 5.91 Å². The van der Waals surface area contributed by atoms with Gasteiger partial charge in [0.2, 0.25) is 0 Å². The summed E-state index contributed by atoms with van der Waals surface area (Å²) in [6.45, 7) is 4.69. The number of aromatic nitrogens is 3. The Hall–Kier alpha value is -2.73. The number of nitrogens with one attached hydrogen (secondary N) is 1. The molecule has 0 aromatic carbocycles. The Bertz CT molecular complexity index is 915. The first-order chi connectivity index (χ1) is 13.2. The van der Waals surface area contributed by atoms with Crippen molar-refractivity contribution >= 4 is 11.6 Å². The molecule has 140 valence electrons. The summed E-state index contributed by atoms with van der Waals surface area (Å²) in [5.74, 6) is -0.137. The van der Waals surface area contributed by atoms with E-state index in [9.17, 15) is 4.79 Å². The van der Waals surface area contributed by atoms with Gasteiger partial charge in [-0.25, -0.2) is 4.98 Å². The second-order valence-corrected chi connectivity index (χ2v) is 7.20. The molecule has 6 nitrogen and oxygen atoms in total. The standard InChI is InChI=1S/C21H25N5O/c1-16-7-11-26-15-18(24-20(26)12-16)21(27)23-14-19(17-6-5-8-22-13-17)25-9-3-2-4-10-25/h5-8,11-13,15,19H,2-4,9-10,14H2,1H3,(H,23,27). The van der Waals surface area contributed by atoms with Gasteiger partial charge in [0.15, 0.2) is 0 Å². The van der Waals surface area contributed by atoms with Crippen LogP contribution < -0.4 is 5.32 Å². The zero-order chi connectivity index (χ0) is 18.6. The predicted octanol–water partition coefficient (Wildman–Crippen LogP) is 2.99. The van der Waals surface area contributed by atoms with E-state index in [-0.39, 0.29) is 11.9 Å². The first-order valence-electron chi connectivity index (χ1n) is 9.58. The van der Waals surface area contributed by atoms with Gasteiger partial charge in [-0.05, 0) is 62.2 Å². The highest BCUT2D eigenvalue weighted by molar-refractivity contribution is 5.92. The van der Waals surface area contributed by atoms with E-state index in [0.29, 0.717) is 12.2 Å². The molecule has 0 spiro atoms. The quantitative estimate of drug-likeness (QED) is 0.757. The van der Waals surface area contributed by atoms with Crippen molar-refractivity contribution < 1.29 is 4.79 Å². The fraction of sp³-hybridized carbons (Fsp3) is 0.381. The third kappa shape index (κ3) is 4.01. The van der Waals surface area contributed by atoms with E-state index in [4.69, 9.17) is 0 Å². The summed E-state index contributed by atoms with van der Waals surface area (Å²) in [7, 11) is 0. The Morgan fingerprint density at radius 1 is 1.26 bits per heavy atom. The van der Waals surface area contributed by atoms with E-state index in [1.165, 1.54) is 19.3 Å². The van der Waals surface area contributed by atoms with Crippen LogP contribution in [0.25, 0.3) is 5.65 Å². The number of amides is 1. The number of carbonyl (C=O) groups is 1. The fourth-order valence-corrected chi connectivity index (χ4v) is 3.73. The molecule has 1 unspecified atom stereocenters. The Morgan fingerprint density at radius 3 is 2.89 bits per heavy atom. The largest absolute Gasteiger partial charge is 0.349 e. The maximum Gasteiger partial charge on any atom is 0.271 e. The van der Waals surface area contributed by atoms with Crippen molar-refractivity contribution in [3.8, 4) is 0 Å². The van der Waals surface area contributed by atoms with Crippen LogP contribution in [0.1, 0.15) is 46.9 Å². The zero-order valence-corrected chi connectivity index (χ0v) is 15.6. The molecule has 1 fully saturated rings. The fourth-order valence-electron chi connectivity index (χ4n) is 3.73. The molecule has 4 rings (SSSR count). The number of likely N-dealkylation sites (tertiary alicyclic amines) is 1. The minimum absolute atomic E-state index is 0.137. The van der Waals surface area contributed by atoms with Crippen LogP contribution in [-0.4, -0.2) is 44.8 Å². The minimum Gasteiger partial charge on any atom is -0.349 e. The van der Waals surface area contributed by atoms with Crippen LogP contribution in [0.3, 0.4) is 0 Å². The lowest BCUT2D eigenvalue weighted by atomic mass is 10.0. The average Bonchev–Trinajstić information content (AvgIpc) is 3.13. The Labute approximate surface area is 159 Å². The highest BCUT2D eigenvalue weighted by atomic mass is 16.1. The van der Waals surface area contributed by atoms with Gasteiger partial charge in [0.1, 0.15) is 11.3 Å². The van der Waals surface area contributed by atoms with Gasteiger partial charge in [-0.15, -0.1) is 0 Å². The van der Waals surface area contributed by atoms with E-state index >= 15 is 0 Å². The van der Waals surface area contributed by atoms with Crippen molar-refractivity contribution in [3.63, 3.8) is 0 Å². The van der Waals surface area contributed by atoms with Gasteiger partial charge in [0.05, 0.1) is 6.04 Å². The van der Waals surface area contributed by atoms with Gasteiger partial charge >= 0.3 is 0 Å². The smallest absolute Gasteiger partial charge is 0.271 e. The van der Waals surface area contributed by atoms with Crippen LogP contribution in [0, 0.1) is 6.92 Å². The molecule has 3 aromatic rings. The van der Waals surface area contributed by atoms with E-state index in [1.807, 2.05) is 41.9 Å². The van der Waals surface area contributed by atoms with E-state index < -0.39 is 0 Å². The highest BCUT2D eigenvalue weighted by Gasteiger charge is 2.23. The number of piperidine rings is 1. The molecule has 4 heterocycles. The predicted molar refractivity (Wildman–Crippen MR) is 105 cm³/mol. The Morgan fingerprint density at radius 2 is 2.11 bits per heavy atom. The maximum atomic E-state index is 12.7. The average molecular weight is 363 g/mol. The Kier molecular flexibility index (Phi) is 5.16. The normalized spacial score (nSPS) is 16.3. The lowest BCUT2D eigenvalue weighted by molar-refractivity contribution is 0.0920. The molecule has 1 amide bonds. The van der Waals surface area contributed by atoms with Crippen molar-refractivity contribution in [2.24, 2.45) is 0 Å². The van der Waals surface area contributed by atoms with Crippen molar-refractivity contribution in [1.82, 2.24) is 24.6 Å². The summed E-state index contributed by atoms with van der Waals surface area (Å²) in [5, 5.41) is 3.09. The van der Waals surface area contributed by atoms with Gasteiger partial charge in [-0.2, -0.15) is 0 Å². The first-order valence-corrected chi connectivity index (χ1v) is 9.58. The summed E-state index contributed by atoms with van der Waals surface area (Å²) >= 11 is 0. The van der Waals surface area contributed by atoms with E-state index in [2.05, 4.69) is 26.3 Å². The van der Waals surface area contributed by atoms with Crippen LogP contribution >= 0.6 is 0 Å². The van der Waals surface area contributed by atoms with Gasteiger partial charge in [-0.1, -0.05) is 12.5 Å². The zero-order valence-electron chi connectivity index (χ0n) is 15.6. The van der Waals surface area contributed by atoms with Crippen LogP contribution in [0.4, 0.5) is 0 Å². The number of nitrogens with zero attached hydrogens (tertiary/aromatic N) is 4. The molecule has 0 radical (unpaired) electrons. The number of hydrogen-bond acceptors (Lipinski definition) is 4. The number of hydrogen-bond donors (Lipinski definition) is 1. The molecule has 1 aliphatic heterocycles. The van der Waals surface area contributed by atoms with Crippen molar-refractivity contribution in [3.05, 3.63) is 65.9 Å². The topological polar surface area (TPSA) is 62.5 Å². The van der Waals surface area contributed by atoms with Gasteiger partial charge in [-0.3, -0.25) is 14.7 Å². The molecule has 1 atom stereocenters. The summed E-state index contributed by atoms with van der Waals surface area (Å²) in [4.78, 5) is 23.9. The maximum absolute atomic E-state index is 12.7. The van der Waals surface area contributed by atoms with E-state index in [1.54, 1.807) is 12.4 Å². The lowest BCUT2D eigenvalue weighted by Gasteiger charge is -2.34. The number of pyridine rings is 2. The molecule has 3 aromatic heterocycles. The summed E-state index contributed by atoms with van der Waals surface area (Å²) < 4.78 is 1.88. The molecule has 0 aliphatic carbocycles. The molecule has 6 heteroatoms. The van der Waals surface area contributed by atoms with Crippen LogP contribution in [0.5, 0.6) is 0 Å². The molecular weight excluding hydrogens is 338 g/mol.